The molecule has 70 valence electrons. The van der Waals surface area contributed by atoms with Crippen molar-refractivity contribution in [3.63, 3.8) is 0 Å². The first-order chi connectivity index (χ1) is 6.27. The van der Waals surface area contributed by atoms with Crippen LogP contribution in [0.3, 0.4) is 0 Å². The first kappa shape index (κ1) is 9.22. The van der Waals surface area contributed by atoms with Crippen LogP contribution in [0.5, 0.6) is 0 Å². The summed E-state index contributed by atoms with van der Waals surface area (Å²) in [4.78, 5) is 2.43. The van der Waals surface area contributed by atoms with Crippen LogP contribution in [0.25, 0.3) is 0 Å². The van der Waals surface area contributed by atoms with Crippen LogP contribution in [0.2, 0.25) is 0 Å². The van der Waals surface area contributed by atoms with Gasteiger partial charge in [-0.3, -0.25) is 4.90 Å². The summed E-state index contributed by atoms with van der Waals surface area (Å²) in [6.45, 7) is 1.23. The number of hydrogen-bond donors (Lipinski definition) is 0. The SMILES string of the molecule is CN1CCC[C@@H]1c1cccc(Br)c1. The van der Waals surface area contributed by atoms with Crippen LogP contribution in [0.1, 0.15) is 24.4 Å². The van der Waals surface area contributed by atoms with Crippen molar-refractivity contribution in [1.29, 1.82) is 0 Å². The lowest BCUT2D eigenvalue weighted by molar-refractivity contribution is 0.317. The Morgan fingerprint density at radius 2 is 2.31 bits per heavy atom. The predicted octanol–water partition coefficient (Wildman–Crippen LogP) is 3.22. The van der Waals surface area contributed by atoms with E-state index < -0.39 is 0 Å². The number of benzene rings is 1. The van der Waals surface area contributed by atoms with E-state index in [-0.39, 0.29) is 0 Å². The van der Waals surface area contributed by atoms with Gasteiger partial charge < -0.3 is 0 Å². The van der Waals surface area contributed by atoms with Crippen molar-refractivity contribution in [3.05, 3.63) is 34.3 Å². The summed E-state index contributed by atoms with van der Waals surface area (Å²) in [5, 5.41) is 0. The van der Waals surface area contributed by atoms with Crippen LogP contribution >= 0.6 is 15.9 Å². The number of rotatable bonds is 1. The molecule has 0 aliphatic carbocycles. The summed E-state index contributed by atoms with van der Waals surface area (Å²) < 4.78 is 1.19. The minimum Gasteiger partial charge on any atom is -0.299 e. The highest BCUT2D eigenvalue weighted by Crippen LogP contribution is 2.31. The topological polar surface area (TPSA) is 3.24 Å². The van der Waals surface area contributed by atoms with Gasteiger partial charge in [-0.15, -0.1) is 0 Å². The monoisotopic (exact) mass is 239 g/mol. The van der Waals surface area contributed by atoms with E-state index in [4.69, 9.17) is 0 Å². The molecule has 1 aliphatic heterocycles. The third-order valence-electron chi connectivity index (χ3n) is 2.75. The summed E-state index contributed by atoms with van der Waals surface area (Å²) in [5.74, 6) is 0. The Bertz CT molecular complexity index is 298. The van der Waals surface area contributed by atoms with Gasteiger partial charge in [0.05, 0.1) is 0 Å². The Hall–Kier alpha value is -0.340. The molecule has 1 fully saturated rings. The molecule has 1 aromatic carbocycles. The lowest BCUT2D eigenvalue weighted by Gasteiger charge is -2.19. The molecule has 1 aliphatic rings. The molecule has 0 N–H and O–H groups in total. The van der Waals surface area contributed by atoms with Gasteiger partial charge in [0.1, 0.15) is 0 Å². The molecule has 1 atom stereocenters. The van der Waals surface area contributed by atoms with E-state index in [0.717, 1.165) is 0 Å². The van der Waals surface area contributed by atoms with Crippen LogP contribution < -0.4 is 0 Å². The molecule has 0 saturated carbocycles. The predicted molar refractivity (Wildman–Crippen MR) is 58.7 cm³/mol. The first-order valence-electron chi connectivity index (χ1n) is 4.73. The molecular weight excluding hydrogens is 226 g/mol. The highest BCUT2D eigenvalue weighted by Gasteiger charge is 2.22. The smallest absolute Gasteiger partial charge is 0.0345 e. The minimum atomic E-state index is 0.637. The van der Waals surface area contributed by atoms with Crippen molar-refractivity contribution < 1.29 is 0 Å². The molecule has 1 saturated heterocycles. The second-order valence-electron chi connectivity index (χ2n) is 3.69. The van der Waals surface area contributed by atoms with Gasteiger partial charge in [0, 0.05) is 10.5 Å². The van der Waals surface area contributed by atoms with Crippen LogP contribution in [0.4, 0.5) is 0 Å². The largest absolute Gasteiger partial charge is 0.299 e. The van der Waals surface area contributed by atoms with Crippen molar-refractivity contribution in [1.82, 2.24) is 4.90 Å². The van der Waals surface area contributed by atoms with Crippen molar-refractivity contribution >= 4 is 15.9 Å². The summed E-state index contributed by atoms with van der Waals surface area (Å²) in [5.41, 5.74) is 1.44. The Labute approximate surface area is 87.9 Å². The highest BCUT2D eigenvalue weighted by atomic mass is 79.9. The zero-order valence-corrected chi connectivity index (χ0v) is 9.42. The maximum Gasteiger partial charge on any atom is 0.0345 e. The molecule has 13 heavy (non-hydrogen) atoms. The van der Waals surface area contributed by atoms with Gasteiger partial charge in [0.25, 0.3) is 0 Å². The molecule has 0 spiro atoms. The fourth-order valence-electron chi connectivity index (χ4n) is 2.05. The molecule has 2 heteroatoms. The zero-order valence-electron chi connectivity index (χ0n) is 7.83. The van der Waals surface area contributed by atoms with Gasteiger partial charge in [0.2, 0.25) is 0 Å². The number of hydrogen-bond acceptors (Lipinski definition) is 1. The van der Waals surface area contributed by atoms with E-state index in [2.05, 4.69) is 52.1 Å². The van der Waals surface area contributed by atoms with Crippen LogP contribution in [0, 0.1) is 0 Å². The Kier molecular flexibility index (Phi) is 2.70. The molecule has 0 amide bonds. The molecule has 1 aromatic rings. The second kappa shape index (κ2) is 3.81. The first-order valence-corrected chi connectivity index (χ1v) is 5.52. The van der Waals surface area contributed by atoms with Crippen molar-refractivity contribution in [2.75, 3.05) is 13.6 Å². The van der Waals surface area contributed by atoms with Gasteiger partial charge in [-0.2, -0.15) is 0 Å². The third kappa shape index (κ3) is 1.94. The van der Waals surface area contributed by atoms with E-state index in [1.54, 1.807) is 0 Å². The van der Waals surface area contributed by atoms with E-state index >= 15 is 0 Å². The van der Waals surface area contributed by atoms with Crippen LogP contribution in [0.15, 0.2) is 28.7 Å². The fraction of sp³-hybridized carbons (Fsp3) is 0.455. The number of likely N-dealkylation sites (tertiary alicyclic amines) is 1. The summed E-state index contributed by atoms with van der Waals surface area (Å²) in [6, 6.07) is 9.28. The van der Waals surface area contributed by atoms with Crippen molar-refractivity contribution in [3.8, 4) is 0 Å². The average molecular weight is 240 g/mol. The summed E-state index contributed by atoms with van der Waals surface area (Å²) in [7, 11) is 2.21. The van der Waals surface area contributed by atoms with Gasteiger partial charge in [-0.05, 0) is 44.1 Å². The quantitative estimate of drug-likeness (QED) is 0.728. The molecule has 1 nitrogen and oxygen atoms in total. The minimum absolute atomic E-state index is 0.637. The fourth-order valence-corrected chi connectivity index (χ4v) is 2.46. The van der Waals surface area contributed by atoms with Gasteiger partial charge in [0.15, 0.2) is 0 Å². The maximum absolute atomic E-state index is 3.51. The van der Waals surface area contributed by atoms with Crippen molar-refractivity contribution in [2.24, 2.45) is 0 Å². The summed E-state index contributed by atoms with van der Waals surface area (Å²) in [6.07, 6.45) is 2.63. The Morgan fingerprint density at radius 1 is 1.46 bits per heavy atom. The Balaban J connectivity index is 2.24. The Morgan fingerprint density at radius 3 is 2.92 bits per heavy atom. The van der Waals surface area contributed by atoms with Crippen LogP contribution in [-0.4, -0.2) is 18.5 Å². The standard InChI is InChI=1S/C11H14BrN/c1-13-7-3-6-11(13)9-4-2-5-10(12)8-9/h2,4-5,8,11H,3,6-7H2,1H3/t11-/m1/s1. The average Bonchev–Trinajstić information content (AvgIpc) is 2.51. The lowest BCUT2D eigenvalue weighted by Crippen LogP contribution is -2.17. The van der Waals surface area contributed by atoms with E-state index in [0.29, 0.717) is 6.04 Å². The molecule has 0 aromatic heterocycles. The lowest BCUT2D eigenvalue weighted by atomic mass is 10.1. The number of halogens is 1. The van der Waals surface area contributed by atoms with E-state index in [1.165, 1.54) is 29.4 Å². The molecule has 0 radical (unpaired) electrons. The zero-order chi connectivity index (χ0) is 9.26. The van der Waals surface area contributed by atoms with Gasteiger partial charge in [-0.1, -0.05) is 28.1 Å². The second-order valence-corrected chi connectivity index (χ2v) is 4.61. The summed E-state index contributed by atoms with van der Waals surface area (Å²) >= 11 is 3.51. The van der Waals surface area contributed by atoms with E-state index in [9.17, 15) is 0 Å². The van der Waals surface area contributed by atoms with Gasteiger partial charge >= 0.3 is 0 Å². The number of nitrogens with zero attached hydrogens (tertiary/aromatic N) is 1. The van der Waals surface area contributed by atoms with E-state index in [1.807, 2.05) is 0 Å². The van der Waals surface area contributed by atoms with Gasteiger partial charge in [-0.25, -0.2) is 0 Å². The molecule has 2 rings (SSSR count). The normalized spacial score (nSPS) is 23.7. The van der Waals surface area contributed by atoms with Crippen molar-refractivity contribution in [2.45, 2.75) is 18.9 Å². The maximum atomic E-state index is 3.51. The van der Waals surface area contributed by atoms with Crippen LogP contribution in [-0.2, 0) is 0 Å². The highest BCUT2D eigenvalue weighted by molar-refractivity contribution is 9.10. The third-order valence-corrected chi connectivity index (χ3v) is 3.25. The molecule has 1 heterocycles. The molecular formula is C11H14BrN. The molecule has 0 bridgehead atoms. The molecule has 0 unspecified atom stereocenters.